The number of ether oxygens (including phenoxy) is 2. The Kier molecular flexibility index (Phi) is 5.64. The van der Waals surface area contributed by atoms with Gasteiger partial charge in [-0.25, -0.2) is 0 Å². The Hall–Kier alpha value is -2.50. The molecule has 0 aromatic heterocycles. The van der Waals surface area contributed by atoms with Crippen molar-refractivity contribution in [1.82, 2.24) is 4.90 Å². The quantitative estimate of drug-likeness (QED) is 0.377. The van der Waals surface area contributed by atoms with Crippen LogP contribution in [0.15, 0.2) is 54.3 Å². The van der Waals surface area contributed by atoms with Crippen LogP contribution in [0.5, 0.6) is 11.5 Å². The molecule has 0 bridgehead atoms. The first kappa shape index (κ1) is 21.4. The maximum Gasteiger partial charge on any atom is 0.231 e. The van der Waals surface area contributed by atoms with Crippen molar-refractivity contribution in [2.45, 2.75) is 20.0 Å². The maximum atomic E-state index is 13.1. The molecule has 2 aliphatic rings. The molecule has 162 valence electrons. The molecule has 2 heterocycles. The number of fused-ring (bicyclic) bond motifs is 2. The summed E-state index contributed by atoms with van der Waals surface area (Å²) in [6.07, 6.45) is 1.65. The number of halogens is 3. The number of carbonyl (C=O) groups is 1. The van der Waals surface area contributed by atoms with E-state index in [4.69, 9.17) is 44.3 Å². The van der Waals surface area contributed by atoms with Gasteiger partial charge in [0.15, 0.2) is 5.76 Å². The molecule has 32 heavy (non-hydrogen) atoms. The Morgan fingerprint density at radius 3 is 2.50 bits per heavy atom. The van der Waals surface area contributed by atoms with E-state index in [0.29, 0.717) is 45.2 Å². The van der Waals surface area contributed by atoms with Crippen LogP contribution in [0.1, 0.15) is 32.6 Å². The first-order valence-electron chi connectivity index (χ1n) is 10.0. The van der Waals surface area contributed by atoms with Crippen molar-refractivity contribution < 1.29 is 14.3 Å². The van der Waals surface area contributed by atoms with E-state index in [9.17, 15) is 4.79 Å². The second kappa shape index (κ2) is 8.45. The zero-order valence-electron chi connectivity index (χ0n) is 17.1. The van der Waals surface area contributed by atoms with Gasteiger partial charge in [0, 0.05) is 39.3 Å². The SMILES string of the molecule is Cc1c2c(cc3c1O/C(=C\c1ccc(Cl)cc1Cl)C3=O)CN(Cc1ccc(Cl)cc1)CO2. The van der Waals surface area contributed by atoms with Gasteiger partial charge in [0.25, 0.3) is 0 Å². The third-order valence-corrected chi connectivity index (χ3v) is 6.38. The maximum absolute atomic E-state index is 13.1. The zero-order chi connectivity index (χ0) is 22.4. The Labute approximate surface area is 200 Å². The lowest BCUT2D eigenvalue weighted by Gasteiger charge is -2.30. The third-order valence-electron chi connectivity index (χ3n) is 5.57. The average Bonchev–Trinajstić information content (AvgIpc) is 3.08. The second-order valence-corrected chi connectivity index (χ2v) is 9.14. The smallest absolute Gasteiger partial charge is 0.231 e. The Balaban J connectivity index is 1.42. The number of hydrogen-bond donors (Lipinski definition) is 0. The van der Waals surface area contributed by atoms with Crippen molar-refractivity contribution in [2.75, 3.05) is 6.73 Å². The summed E-state index contributed by atoms with van der Waals surface area (Å²) < 4.78 is 12.0. The van der Waals surface area contributed by atoms with E-state index >= 15 is 0 Å². The second-order valence-electron chi connectivity index (χ2n) is 7.86. The number of ketones is 1. The minimum Gasteiger partial charge on any atom is -0.477 e. The van der Waals surface area contributed by atoms with Crippen molar-refractivity contribution >= 4 is 46.7 Å². The Morgan fingerprint density at radius 1 is 1.00 bits per heavy atom. The zero-order valence-corrected chi connectivity index (χ0v) is 19.4. The van der Waals surface area contributed by atoms with Crippen LogP contribution in [0.2, 0.25) is 15.1 Å². The number of hydrogen-bond acceptors (Lipinski definition) is 4. The molecule has 0 radical (unpaired) electrons. The standard InChI is InChI=1S/C25H18Cl3NO3/c1-14-24-17(12-29(13-31-24)11-15-2-5-18(26)6-3-15)8-20-23(30)22(32-25(14)20)9-16-4-7-19(27)10-21(16)28/h2-10H,11-13H2,1H3/b22-9-. The summed E-state index contributed by atoms with van der Waals surface area (Å²) in [4.78, 5) is 15.3. The molecule has 5 rings (SSSR count). The van der Waals surface area contributed by atoms with Crippen molar-refractivity contribution in [3.8, 4) is 11.5 Å². The van der Waals surface area contributed by atoms with Crippen LogP contribution in [0.3, 0.4) is 0 Å². The first-order chi connectivity index (χ1) is 15.4. The Bertz CT molecular complexity index is 1270. The van der Waals surface area contributed by atoms with Gasteiger partial charge in [-0.15, -0.1) is 0 Å². The van der Waals surface area contributed by atoms with Crippen molar-refractivity contribution in [2.24, 2.45) is 0 Å². The van der Waals surface area contributed by atoms with Crippen LogP contribution in [-0.4, -0.2) is 17.4 Å². The molecular formula is C25H18Cl3NO3. The highest BCUT2D eigenvalue weighted by molar-refractivity contribution is 6.35. The van der Waals surface area contributed by atoms with Gasteiger partial charge in [-0.2, -0.15) is 0 Å². The summed E-state index contributed by atoms with van der Waals surface area (Å²) in [7, 11) is 0. The van der Waals surface area contributed by atoms with E-state index in [0.717, 1.165) is 29.0 Å². The highest BCUT2D eigenvalue weighted by atomic mass is 35.5. The minimum atomic E-state index is -0.174. The number of rotatable bonds is 3. The molecule has 0 aliphatic carbocycles. The molecule has 0 fully saturated rings. The van der Waals surface area contributed by atoms with Crippen LogP contribution in [-0.2, 0) is 13.1 Å². The molecule has 0 N–H and O–H groups in total. The Morgan fingerprint density at radius 2 is 1.75 bits per heavy atom. The van der Waals surface area contributed by atoms with Crippen molar-refractivity contribution in [3.05, 3.63) is 97.2 Å². The van der Waals surface area contributed by atoms with E-state index in [1.54, 1.807) is 24.3 Å². The average molecular weight is 487 g/mol. The van der Waals surface area contributed by atoms with Gasteiger partial charge in [0.2, 0.25) is 5.78 Å². The summed E-state index contributed by atoms with van der Waals surface area (Å²) in [5.41, 5.74) is 4.13. The van der Waals surface area contributed by atoms with E-state index in [2.05, 4.69) is 4.90 Å². The molecule has 0 amide bonds. The fraction of sp³-hybridized carbons (Fsp3) is 0.160. The summed E-state index contributed by atoms with van der Waals surface area (Å²) in [6, 6.07) is 14.7. The summed E-state index contributed by atoms with van der Waals surface area (Å²) >= 11 is 18.2. The fourth-order valence-corrected chi connectivity index (χ4v) is 4.59. The van der Waals surface area contributed by atoms with Crippen LogP contribution >= 0.6 is 34.8 Å². The minimum absolute atomic E-state index is 0.174. The molecule has 0 saturated carbocycles. The lowest BCUT2D eigenvalue weighted by atomic mass is 10.00. The number of allylic oxidation sites excluding steroid dienone is 1. The molecule has 3 aromatic carbocycles. The van der Waals surface area contributed by atoms with Crippen LogP contribution in [0, 0.1) is 6.92 Å². The predicted octanol–water partition coefficient (Wildman–Crippen LogP) is 6.92. The van der Waals surface area contributed by atoms with Gasteiger partial charge >= 0.3 is 0 Å². The monoisotopic (exact) mass is 485 g/mol. The summed E-state index contributed by atoms with van der Waals surface area (Å²) in [6.45, 7) is 3.75. The molecule has 0 atom stereocenters. The molecule has 7 heteroatoms. The van der Waals surface area contributed by atoms with Crippen LogP contribution < -0.4 is 9.47 Å². The van der Waals surface area contributed by atoms with E-state index in [-0.39, 0.29) is 11.5 Å². The largest absolute Gasteiger partial charge is 0.477 e. The molecule has 0 unspecified atom stereocenters. The fourth-order valence-electron chi connectivity index (χ4n) is 4.01. The molecule has 3 aromatic rings. The number of nitrogens with zero attached hydrogens (tertiary/aromatic N) is 1. The lowest BCUT2D eigenvalue weighted by molar-refractivity contribution is 0.0876. The van der Waals surface area contributed by atoms with E-state index in [1.165, 1.54) is 0 Å². The molecule has 0 saturated heterocycles. The first-order valence-corrected chi connectivity index (χ1v) is 11.2. The number of carbonyl (C=O) groups excluding carboxylic acids is 1. The summed E-state index contributed by atoms with van der Waals surface area (Å²) in [5, 5.41) is 1.69. The van der Waals surface area contributed by atoms with Gasteiger partial charge in [0.05, 0.1) is 5.56 Å². The van der Waals surface area contributed by atoms with E-state index < -0.39 is 0 Å². The van der Waals surface area contributed by atoms with Crippen LogP contribution in [0.4, 0.5) is 0 Å². The normalized spacial score (nSPS) is 16.5. The van der Waals surface area contributed by atoms with Crippen LogP contribution in [0.25, 0.3) is 6.08 Å². The highest BCUT2D eigenvalue weighted by Gasteiger charge is 2.33. The van der Waals surface area contributed by atoms with Gasteiger partial charge in [-0.1, -0.05) is 53.0 Å². The molecule has 0 spiro atoms. The molecule has 2 aliphatic heterocycles. The summed E-state index contributed by atoms with van der Waals surface area (Å²) in [5.74, 6) is 1.37. The van der Waals surface area contributed by atoms with Gasteiger partial charge in [-0.3, -0.25) is 9.69 Å². The van der Waals surface area contributed by atoms with Gasteiger partial charge < -0.3 is 9.47 Å². The van der Waals surface area contributed by atoms with Gasteiger partial charge in [-0.05, 0) is 54.5 Å². The third kappa shape index (κ3) is 4.00. The van der Waals surface area contributed by atoms with Crippen molar-refractivity contribution in [1.29, 1.82) is 0 Å². The van der Waals surface area contributed by atoms with Crippen molar-refractivity contribution in [3.63, 3.8) is 0 Å². The highest BCUT2D eigenvalue weighted by Crippen LogP contribution is 2.43. The lowest BCUT2D eigenvalue weighted by Crippen LogP contribution is -2.32. The molecular weight excluding hydrogens is 469 g/mol. The topological polar surface area (TPSA) is 38.8 Å². The number of benzene rings is 3. The number of Topliss-reactive ketones (excluding diaryl/α,β-unsaturated/α-hetero) is 1. The van der Waals surface area contributed by atoms with Gasteiger partial charge in [0.1, 0.15) is 18.2 Å². The van der Waals surface area contributed by atoms with E-state index in [1.807, 2.05) is 37.3 Å². The molecule has 4 nitrogen and oxygen atoms in total. The predicted molar refractivity (Wildman–Crippen MR) is 127 cm³/mol.